The molecule has 0 aromatic heterocycles. The first kappa shape index (κ1) is 9.58. The van der Waals surface area contributed by atoms with Crippen molar-refractivity contribution in [3.63, 3.8) is 0 Å². The van der Waals surface area contributed by atoms with E-state index in [0.717, 1.165) is 12.2 Å². The minimum absolute atomic E-state index is 0.0364. The number of carbonyl (C=O) groups is 2. The second-order valence-corrected chi connectivity index (χ2v) is 3.88. The molecule has 3 nitrogen and oxygen atoms in total. The lowest BCUT2D eigenvalue weighted by Gasteiger charge is -2.04. The number of Topliss-reactive ketones (excluding diaryl/α,β-unsaturated/α-hetero) is 1. The van der Waals surface area contributed by atoms with Crippen molar-refractivity contribution < 1.29 is 14.3 Å². The molecule has 1 aliphatic heterocycles. The molecule has 12 heavy (non-hydrogen) atoms. The van der Waals surface area contributed by atoms with Crippen LogP contribution in [0.25, 0.3) is 0 Å². The van der Waals surface area contributed by atoms with E-state index in [4.69, 9.17) is 0 Å². The van der Waals surface area contributed by atoms with Crippen LogP contribution >= 0.6 is 11.8 Å². The topological polar surface area (TPSA) is 43.4 Å². The molecule has 1 heterocycles. The first-order valence-electron chi connectivity index (χ1n) is 3.93. The van der Waals surface area contributed by atoms with Crippen molar-refractivity contribution in [2.75, 3.05) is 12.9 Å². The summed E-state index contributed by atoms with van der Waals surface area (Å²) in [7, 11) is 1.31. The highest BCUT2D eigenvalue weighted by Crippen LogP contribution is 2.30. The molecule has 0 saturated carbocycles. The van der Waals surface area contributed by atoms with Gasteiger partial charge in [-0.25, -0.2) is 0 Å². The van der Waals surface area contributed by atoms with Crippen molar-refractivity contribution in [1.82, 2.24) is 0 Å². The Morgan fingerprint density at radius 1 is 1.75 bits per heavy atom. The minimum Gasteiger partial charge on any atom is -0.468 e. The van der Waals surface area contributed by atoms with Crippen LogP contribution in [0.1, 0.15) is 13.3 Å². The smallest absolute Gasteiger partial charge is 0.326 e. The predicted octanol–water partition coefficient (Wildman–Crippen LogP) is 0.870. The van der Waals surface area contributed by atoms with Gasteiger partial charge in [-0.2, -0.15) is 0 Å². The van der Waals surface area contributed by atoms with Gasteiger partial charge in [0.2, 0.25) is 0 Å². The monoisotopic (exact) mass is 188 g/mol. The summed E-state index contributed by atoms with van der Waals surface area (Å²) in [5.41, 5.74) is 0. The Morgan fingerprint density at radius 2 is 2.42 bits per heavy atom. The molecular formula is C8H12O3S. The van der Waals surface area contributed by atoms with E-state index in [0.29, 0.717) is 0 Å². The van der Waals surface area contributed by atoms with E-state index in [1.54, 1.807) is 0 Å². The maximum atomic E-state index is 11.4. The van der Waals surface area contributed by atoms with Gasteiger partial charge in [0.05, 0.1) is 7.11 Å². The van der Waals surface area contributed by atoms with Gasteiger partial charge in [0, 0.05) is 11.7 Å². The van der Waals surface area contributed by atoms with Gasteiger partial charge in [0.1, 0.15) is 0 Å². The third-order valence-electron chi connectivity index (χ3n) is 2.03. The normalized spacial score (nSPS) is 29.0. The molecule has 0 N–H and O–H groups in total. The van der Waals surface area contributed by atoms with Crippen molar-refractivity contribution in [3.05, 3.63) is 0 Å². The van der Waals surface area contributed by atoms with Crippen molar-refractivity contribution in [1.29, 1.82) is 0 Å². The van der Waals surface area contributed by atoms with Crippen LogP contribution in [0.4, 0.5) is 0 Å². The summed E-state index contributed by atoms with van der Waals surface area (Å²) in [5, 5.41) is -0.556. The van der Waals surface area contributed by atoms with E-state index in [1.165, 1.54) is 18.9 Å². The fourth-order valence-corrected chi connectivity index (χ4v) is 2.61. The summed E-state index contributed by atoms with van der Waals surface area (Å²) in [6.45, 7) is 1.96. The van der Waals surface area contributed by atoms with Gasteiger partial charge in [0.25, 0.3) is 0 Å². The first-order chi connectivity index (χ1) is 5.70. The zero-order valence-corrected chi connectivity index (χ0v) is 8.02. The molecule has 1 rings (SSSR count). The molecule has 1 aliphatic rings. The number of methoxy groups -OCH3 is 1. The minimum atomic E-state index is -0.556. The number of thioether (sulfide) groups is 1. The van der Waals surface area contributed by atoms with Crippen LogP contribution in [0.5, 0.6) is 0 Å². The molecule has 0 bridgehead atoms. The maximum Gasteiger partial charge on any atom is 0.326 e. The van der Waals surface area contributed by atoms with Crippen LogP contribution in [-0.4, -0.2) is 29.9 Å². The summed E-state index contributed by atoms with van der Waals surface area (Å²) >= 11 is 1.39. The van der Waals surface area contributed by atoms with E-state index in [9.17, 15) is 9.59 Å². The average Bonchev–Trinajstić information content (AvgIpc) is 2.45. The number of ketones is 1. The average molecular weight is 188 g/mol. The first-order valence-corrected chi connectivity index (χ1v) is 4.98. The Bertz CT molecular complexity index is 202. The summed E-state index contributed by atoms with van der Waals surface area (Å²) in [6.07, 6.45) is 0.819. The molecule has 68 valence electrons. The van der Waals surface area contributed by atoms with Crippen LogP contribution in [0, 0.1) is 5.92 Å². The highest BCUT2D eigenvalue weighted by atomic mass is 32.2. The highest BCUT2D eigenvalue weighted by molar-refractivity contribution is 8.01. The van der Waals surface area contributed by atoms with Gasteiger partial charge in [0.15, 0.2) is 11.0 Å². The molecule has 2 unspecified atom stereocenters. The Balaban J connectivity index is 2.60. The fraction of sp³-hybridized carbons (Fsp3) is 0.750. The van der Waals surface area contributed by atoms with Crippen LogP contribution in [0.3, 0.4) is 0 Å². The number of ether oxygens (including phenoxy) is 1. The van der Waals surface area contributed by atoms with Crippen LogP contribution in [0.15, 0.2) is 0 Å². The van der Waals surface area contributed by atoms with Crippen LogP contribution in [0.2, 0.25) is 0 Å². The molecular weight excluding hydrogens is 176 g/mol. The summed E-state index contributed by atoms with van der Waals surface area (Å²) < 4.78 is 4.52. The summed E-state index contributed by atoms with van der Waals surface area (Å²) in [6, 6.07) is 0. The number of rotatable bonds is 2. The van der Waals surface area contributed by atoms with Gasteiger partial charge in [-0.3, -0.25) is 9.59 Å². The number of carbonyl (C=O) groups excluding carboxylic acids is 2. The molecule has 2 atom stereocenters. The third-order valence-corrected chi connectivity index (χ3v) is 3.39. The van der Waals surface area contributed by atoms with Gasteiger partial charge >= 0.3 is 5.97 Å². The van der Waals surface area contributed by atoms with Gasteiger partial charge in [-0.05, 0) is 6.42 Å². The van der Waals surface area contributed by atoms with E-state index >= 15 is 0 Å². The molecule has 4 heteroatoms. The Morgan fingerprint density at radius 3 is 2.83 bits per heavy atom. The number of hydrogen-bond donors (Lipinski definition) is 0. The fourth-order valence-electron chi connectivity index (χ4n) is 1.20. The van der Waals surface area contributed by atoms with E-state index in [2.05, 4.69) is 4.74 Å². The van der Waals surface area contributed by atoms with Crippen molar-refractivity contribution in [3.8, 4) is 0 Å². The second kappa shape index (κ2) is 3.94. The van der Waals surface area contributed by atoms with Crippen molar-refractivity contribution in [2.24, 2.45) is 5.92 Å². The predicted molar refractivity (Wildman–Crippen MR) is 47.1 cm³/mol. The van der Waals surface area contributed by atoms with Gasteiger partial charge in [-0.1, -0.05) is 6.92 Å². The molecule has 0 aromatic carbocycles. The summed E-state index contributed by atoms with van der Waals surface area (Å²) in [4.78, 5) is 22.4. The zero-order chi connectivity index (χ0) is 9.14. The standard InChI is InChI=1S/C8H12O3S/c1-3-5-4-12-7(6(5)9)8(10)11-2/h5,7H,3-4H2,1-2H3. The Labute approximate surface area is 75.8 Å². The molecule has 1 fully saturated rings. The van der Waals surface area contributed by atoms with Gasteiger partial charge < -0.3 is 4.74 Å². The summed E-state index contributed by atoms with van der Waals surface area (Å²) in [5.74, 6) is 0.448. The highest BCUT2D eigenvalue weighted by Gasteiger charge is 2.39. The maximum absolute atomic E-state index is 11.4. The van der Waals surface area contributed by atoms with E-state index in [1.807, 2.05) is 6.92 Å². The van der Waals surface area contributed by atoms with E-state index in [-0.39, 0.29) is 11.7 Å². The van der Waals surface area contributed by atoms with E-state index < -0.39 is 11.2 Å². The Hall–Kier alpha value is -0.510. The lowest BCUT2D eigenvalue weighted by Crippen LogP contribution is -2.27. The lowest BCUT2D eigenvalue weighted by molar-refractivity contribution is -0.142. The second-order valence-electron chi connectivity index (χ2n) is 2.74. The third kappa shape index (κ3) is 1.63. The SMILES string of the molecule is CCC1CSC(C(=O)OC)C1=O. The number of hydrogen-bond acceptors (Lipinski definition) is 4. The number of esters is 1. The molecule has 0 aromatic rings. The Kier molecular flexibility index (Phi) is 3.14. The molecule has 0 aliphatic carbocycles. The van der Waals surface area contributed by atoms with Crippen molar-refractivity contribution in [2.45, 2.75) is 18.6 Å². The molecule has 0 radical (unpaired) electrons. The van der Waals surface area contributed by atoms with Gasteiger partial charge in [-0.15, -0.1) is 11.8 Å². The quantitative estimate of drug-likeness (QED) is 0.476. The largest absolute Gasteiger partial charge is 0.468 e. The van der Waals surface area contributed by atoms with Crippen LogP contribution in [-0.2, 0) is 14.3 Å². The molecule has 1 saturated heterocycles. The zero-order valence-electron chi connectivity index (χ0n) is 7.20. The van der Waals surface area contributed by atoms with Crippen molar-refractivity contribution >= 4 is 23.5 Å². The molecule has 0 spiro atoms. The lowest BCUT2D eigenvalue weighted by atomic mass is 10.0. The van der Waals surface area contributed by atoms with Crippen LogP contribution < -0.4 is 0 Å². The molecule has 0 amide bonds.